The molecule has 94 valence electrons. The van der Waals surface area contributed by atoms with E-state index in [2.05, 4.69) is 15.3 Å². The molecule has 0 bridgehead atoms. The summed E-state index contributed by atoms with van der Waals surface area (Å²) in [6.07, 6.45) is 3.54. The minimum Gasteiger partial charge on any atom is -0.361 e. The molecule has 0 fully saturated rings. The first-order valence-corrected chi connectivity index (χ1v) is 6.03. The number of nitrogens with one attached hydrogen (secondary N) is 2. The van der Waals surface area contributed by atoms with E-state index in [0.29, 0.717) is 11.4 Å². The number of fused-ring (bicyclic) bond motifs is 1. The highest BCUT2D eigenvalue weighted by Crippen LogP contribution is 2.15. The molecule has 0 unspecified atom stereocenters. The summed E-state index contributed by atoms with van der Waals surface area (Å²) in [7, 11) is 0. The van der Waals surface area contributed by atoms with Gasteiger partial charge in [-0.2, -0.15) is 0 Å². The Kier molecular flexibility index (Phi) is 2.76. The molecular weight excluding hydrogens is 238 g/mol. The second-order valence-electron chi connectivity index (χ2n) is 4.45. The van der Waals surface area contributed by atoms with E-state index < -0.39 is 0 Å². The zero-order chi connectivity index (χ0) is 13.2. The van der Waals surface area contributed by atoms with Gasteiger partial charge in [0, 0.05) is 23.5 Å². The molecule has 2 aromatic heterocycles. The molecule has 0 saturated carbocycles. The van der Waals surface area contributed by atoms with Gasteiger partial charge in [-0.05, 0) is 48.2 Å². The number of aromatic amines is 1. The molecule has 0 aliphatic carbocycles. The van der Waals surface area contributed by atoms with Gasteiger partial charge in [0.05, 0.1) is 0 Å². The number of pyridine rings is 1. The Bertz CT molecular complexity index is 746. The van der Waals surface area contributed by atoms with Gasteiger partial charge < -0.3 is 10.3 Å². The molecule has 0 spiro atoms. The molecule has 0 radical (unpaired) electrons. The van der Waals surface area contributed by atoms with Crippen LogP contribution in [0.3, 0.4) is 0 Å². The van der Waals surface area contributed by atoms with Gasteiger partial charge in [-0.3, -0.25) is 4.79 Å². The summed E-state index contributed by atoms with van der Waals surface area (Å²) >= 11 is 0. The Morgan fingerprint density at radius 2 is 2.11 bits per heavy atom. The van der Waals surface area contributed by atoms with Crippen molar-refractivity contribution < 1.29 is 4.79 Å². The van der Waals surface area contributed by atoms with Crippen LogP contribution in [0.2, 0.25) is 0 Å². The highest BCUT2D eigenvalue weighted by atomic mass is 16.1. The predicted molar refractivity (Wildman–Crippen MR) is 75.2 cm³/mol. The molecule has 19 heavy (non-hydrogen) atoms. The normalized spacial score (nSPS) is 10.6. The second kappa shape index (κ2) is 4.57. The van der Waals surface area contributed by atoms with Crippen LogP contribution in [-0.2, 0) is 0 Å². The Morgan fingerprint density at radius 3 is 2.95 bits per heavy atom. The Morgan fingerprint density at radius 1 is 1.21 bits per heavy atom. The Hall–Kier alpha value is -2.62. The third-order valence-corrected chi connectivity index (χ3v) is 2.97. The number of aryl methyl sites for hydroxylation is 1. The highest BCUT2D eigenvalue weighted by molar-refractivity contribution is 6.05. The van der Waals surface area contributed by atoms with Crippen LogP contribution in [0.5, 0.6) is 0 Å². The lowest BCUT2D eigenvalue weighted by atomic mass is 10.1. The summed E-state index contributed by atoms with van der Waals surface area (Å²) in [4.78, 5) is 19.3. The predicted octanol–water partition coefficient (Wildman–Crippen LogP) is 3.12. The molecule has 0 aliphatic rings. The van der Waals surface area contributed by atoms with Gasteiger partial charge in [0.25, 0.3) is 5.91 Å². The maximum Gasteiger partial charge on any atom is 0.256 e. The SMILES string of the molecule is Cc1ccnc(NC(=O)c2ccc3cc[nH]c3c2)c1. The number of nitrogens with zero attached hydrogens (tertiary/aromatic N) is 1. The van der Waals surface area contributed by atoms with Gasteiger partial charge in [-0.25, -0.2) is 4.98 Å². The summed E-state index contributed by atoms with van der Waals surface area (Å²) in [6.45, 7) is 1.96. The zero-order valence-corrected chi connectivity index (χ0v) is 10.5. The second-order valence-corrected chi connectivity index (χ2v) is 4.45. The van der Waals surface area contributed by atoms with Crippen LogP contribution in [0, 0.1) is 6.92 Å². The summed E-state index contributed by atoms with van der Waals surface area (Å²) < 4.78 is 0. The number of hydrogen-bond donors (Lipinski definition) is 2. The fourth-order valence-electron chi connectivity index (χ4n) is 1.98. The molecule has 3 rings (SSSR count). The summed E-state index contributed by atoms with van der Waals surface area (Å²) in [6, 6.07) is 11.3. The van der Waals surface area contributed by atoms with Crippen LogP contribution in [0.15, 0.2) is 48.8 Å². The first kappa shape index (κ1) is 11.5. The molecule has 2 N–H and O–H groups in total. The molecule has 1 aromatic carbocycles. The quantitative estimate of drug-likeness (QED) is 0.735. The highest BCUT2D eigenvalue weighted by Gasteiger charge is 2.08. The number of carbonyl (C=O) groups is 1. The van der Waals surface area contributed by atoms with Gasteiger partial charge in [0.1, 0.15) is 5.82 Å². The van der Waals surface area contributed by atoms with Crippen LogP contribution < -0.4 is 5.32 Å². The summed E-state index contributed by atoms with van der Waals surface area (Å²) in [5, 5.41) is 3.88. The van der Waals surface area contributed by atoms with Crippen molar-refractivity contribution in [1.82, 2.24) is 9.97 Å². The molecule has 0 saturated heterocycles. The van der Waals surface area contributed by atoms with Crippen molar-refractivity contribution in [2.75, 3.05) is 5.32 Å². The molecular formula is C15H13N3O. The number of rotatable bonds is 2. The number of aromatic nitrogens is 2. The number of amides is 1. The van der Waals surface area contributed by atoms with Crippen molar-refractivity contribution in [3.05, 3.63) is 59.9 Å². The van der Waals surface area contributed by atoms with E-state index in [4.69, 9.17) is 0 Å². The molecule has 4 heteroatoms. The van der Waals surface area contributed by atoms with E-state index in [0.717, 1.165) is 16.5 Å². The molecule has 1 amide bonds. The van der Waals surface area contributed by atoms with Crippen LogP contribution >= 0.6 is 0 Å². The largest absolute Gasteiger partial charge is 0.361 e. The first-order chi connectivity index (χ1) is 9.22. The molecule has 2 heterocycles. The van der Waals surface area contributed by atoms with E-state index in [-0.39, 0.29) is 5.91 Å². The molecule has 3 aromatic rings. The van der Waals surface area contributed by atoms with Gasteiger partial charge in [0.15, 0.2) is 0 Å². The maximum atomic E-state index is 12.1. The topological polar surface area (TPSA) is 57.8 Å². The zero-order valence-electron chi connectivity index (χ0n) is 10.5. The minimum atomic E-state index is -0.158. The average Bonchev–Trinajstić information content (AvgIpc) is 2.85. The molecule has 0 atom stereocenters. The number of hydrogen-bond acceptors (Lipinski definition) is 2. The number of benzene rings is 1. The van der Waals surface area contributed by atoms with Crippen molar-refractivity contribution >= 4 is 22.6 Å². The first-order valence-electron chi connectivity index (χ1n) is 6.03. The van der Waals surface area contributed by atoms with E-state index in [1.165, 1.54) is 0 Å². The fraction of sp³-hybridized carbons (Fsp3) is 0.0667. The van der Waals surface area contributed by atoms with Crippen LogP contribution in [0.25, 0.3) is 10.9 Å². The van der Waals surface area contributed by atoms with Crippen molar-refractivity contribution in [2.24, 2.45) is 0 Å². The Balaban J connectivity index is 1.87. The monoisotopic (exact) mass is 251 g/mol. The summed E-state index contributed by atoms with van der Waals surface area (Å²) in [5.41, 5.74) is 2.62. The van der Waals surface area contributed by atoms with Crippen LogP contribution in [0.4, 0.5) is 5.82 Å². The van der Waals surface area contributed by atoms with Crippen LogP contribution in [-0.4, -0.2) is 15.9 Å². The van der Waals surface area contributed by atoms with E-state index in [1.807, 2.05) is 43.5 Å². The standard InChI is InChI=1S/C15H13N3O/c1-10-4-6-17-14(8-10)18-15(19)12-3-2-11-5-7-16-13(11)9-12/h2-9,16H,1H3,(H,17,18,19). The third-order valence-electron chi connectivity index (χ3n) is 2.97. The smallest absolute Gasteiger partial charge is 0.256 e. The number of carbonyl (C=O) groups excluding carboxylic acids is 1. The van der Waals surface area contributed by atoms with Gasteiger partial charge in [-0.1, -0.05) is 6.07 Å². The van der Waals surface area contributed by atoms with Crippen molar-refractivity contribution in [3.8, 4) is 0 Å². The maximum absolute atomic E-state index is 12.1. The lowest BCUT2D eigenvalue weighted by Gasteiger charge is -2.05. The van der Waals surface area contributed by atoms with Crippen molar-refractivity contribution in [3.63, 3.8) is 0 Å². The lowest BCUT2D eigenvalue weighted by Crippen LogP contribution is -2.12. The van der Waals surface area contributed by atoms with E-state index in [1.54, 1.807) is 12.3 Å². The van der Waals surface area contributed by atoms with Crippen LogP contribution in [0.1, 0.15) is 15.9 Å². The number of anilines is 1. The van der Waals surface area contributed by atoms with Gasteiger partial charge >= 0.3 is 0 Å². The summed E-state index contributed by atoms with van der Waals surface area (Å²) in [5.74, 6) is 0.409. The third kappa shape index (κ3) is 2.33. The average molecular weight is 251 g/mol. The van der Waals surface area contributed by atoms with Gasteiger partial charge in [0.2, 0.25) is 0 Å². The van der Waals surface area contributed by atoms with Gasteiger partial charge in [-0.15, -0.1) is 0 Å². The van der Waals surface area contributed by atoms with Crippen molar-refractivity contribution in [1.29, 1.82) is 0 Å². The van der Waals surface area contributed by atoms with E-state index >= 15 is 0 Å². The number of H-pyrrole nitrogens is 1. The lowest BCUT2D eigenvalue weighted by molar-refractivity contribution is 0.102. The van der Waals surface area contributed by atoms with Crippen molar-refractivity contribution in [2.45, 2.75) is 6.92 Å². The van der Waals surface area contributed by atoms with E-state index in [9.17, 15) is 4.79 Å². The fourth-order valence-corrected chi connectivity index (χ4v) is 1.98. The molecule has 0 aliphatic heterocycles. The Labute approximate surface area is 110 Å². The molecule has 4 nitrogen and oxygen atoms in total. The minimum absolute atomic E-state index is 0.158.